The van der Waals surface area contributed by atoms with Crippen molar-refractivity contribution < 1.29 is 4.92 Å². The van der Waals surface area contributed by atoms with Crippen LogP contribution in [0, 0.1) is 10.1 Å². The van der Waals surface area contributed by atoms with Crippen molar-refractivity contribution in [3.05, 3.63) is 51.9 Å². The molecule has 7 heteroatoms. The van der Waals surface area contributed by atoms with Gasteiger partial charge < -0.3 is 0 Å². The lowest BCUT2D eigenvalue weighted by Gasteiger charge is -2.00. The molecule has 0 bridgehead atoms. The number of halogens is 1. The quantitative estimate of drug-likeness (QED) is 0.631. The molecule has 0 saturated carbocycles. The van der Waals surface area contributed by atoms with E-state index in [1.807, 2.05) is 0 Å². The Morgan fingerprint density at radius 3 is 2.53 bits per heavy atom. The molecule has 0 N–H and O–H groups in total. The minimum Gasteiger partial charge on any atom is -0.259 e. The van der Waals surface area contributed by atoms with Gasteiger partial charge in [0.05, 0.1) is 17.3 Å². The Kier molecular flexibility index (Phi) is 3.55. The van der Waals surface area contributed by atoms with Crippen LogP contribution in [-0.2, 0) is 0 Å². The summed E-state index contributed by atoms with van der Waals surface area (Å²) in [5, 5.41) is 11.4. The SMILES string of the molecule is O=[N+]([O-])c1ccc(Sc2cncc(Cl)n2)cc1. The van der Waals surface area contributed by atoms with Crippen LogP contribution in [0.1, 0.15) is 0 Å². The van der Waals surface area contributed by atoms with Crippen LogP contribution < -0.4 is 0 Å². The van der Waals surface area contributed by atoms with Gasteiger partial charge in [-0.3, -0.25) is 15.1 Å². The number of aromatic nitrogens is 2. The van der Waals surface area contributed by atoms with E-state index in [9.17, 15) is 10.1 Å². The van der Waals surface area contributed by atoms with E-state index in [0.29, 0.717) is 10.2 Å². The highest BCUT2D eigenvalue weighted by Crippen LogP contribution is 2.27. The van der Waals surface area contributed by atoms with Gasteiger partial charge in [0, 0.05) is 17.0 Å². The van der Waals surface area contributed by atoms with Crippen molar-refractivity contribution in [2.24, 2.45) is 0 Å². The van der Waals surface area contributed by atoms with E-state index in [-0.39, 0.29) is 5.69 Å². The summed E-state index contributed by atoms with van der Waals surface area (Å²) in [5.41, 5.74) is 0.0616. The predicted molar refractivity (Wildman–Crippen MR) is 64.3 cm³/mol. The highest BCUT2D eigenvalue weighted by Gasteiger charge is 2.05. The van der Waals surface area contributed by atoms with E-state index < -0.39 is 4.92 Å². The van der Waals surface area contributed by atoms with Crippen molar-refractivity contribution in [3.8, 4) is 0 Å². The van der Waals surface area contributed by atoms with E-state index in [1.165, 1.54) is 30.1 Å². The second kappa shape index (κ2) is 5.11. The zero-order chi connectivity index (χ0) is 12.3. The highest BCUT2D eigenvalue weighted by atomic mass is 35.5. The Bertz CT molecular complexity index is 548. The van der Waals surface area contributed by atoms with Gasteiger partial charge in [0.15, 0.2) is 0 Å². The fourth-order valence-electron chi connectivity index (χ4n) is 1.13. The van der Waals surface area contributed by atoms with Crippen LogP contribution >= 0.6 is 23.4 Å². The number of hydrogen-bond donors (Lipinski definition) is 0. The Morgan fingerprint density at radius 2 is 1.94 bits per heavy atom. The van der Waals surface area contributed by atoms with Crippen LogP contribution in [0.15, 0.2) is 46.6 Å². The standard InChI is InChI=1S/C10H6ClN3O2S/c11-9-5-12-6-10(13-9)17-8-3-1-7(2-4-8)14(15)16/h1-6H. The molecule has 0 atom stereocenters. The molecule has 1 heterocycles. The summed E-state index contributed by atoms with van der Waals surface area (Å²) < 4.78 is 0. The number of non-ortho nitro benzene ring substituents is 1. The monoisotopic (exact) mass is 267 g/mol. The largest absolute Gasteiger partial charge is 0.269 e. The second-order valence-electron chi connectivity index (χ2n) is 3.03. The Balaban J connectivity index is 2.16. The average Bonchev–Trinajstić information content (AvgIpc) is 2.29. The maximum absolute atomic E-state index is 10.5. The van der Waals surface area contributed by atoms with Gasteiger partial charge in [-0.05, 0) is 12.1 Å². The van der Waals surface area contributed by atoms with Crippen molar-refractivity contribution in [2.75, 3.05) is 0 Å². The van der Waals surface area contributed by atoms with Gasteiger partial charge in [-0.15, -0.1) is 0 Å². The summed E-state index contributed by atoms with van der Waals surface area (Å²) in [6.45, 7) is 0. The number of hydrogen-bond acceptors (Lipinski definition) is 5. The number of nitrogens with zero attached hydrogens (tertiary/aromatic N) is 3. The van der Waals surface area contributed by atoms with Gasteiger partial charge in [0.2, 0.25) is 0 Å². The third-order valence-corrected chi connectivity index (χ3v) is 2.95. The van der Waals surface area contributed by atoms with E-state index in [4.69, 9.17) is 11.6 Å². The van der Waals surface area contributed by atoms with E-state index in [0.717, 1.165) is 4.90 Å². The molecule has 0 aliphatic carbocycles. The lowest BCUT2D eigenvalue weighted by Crippen LogP contribution is -1.87. The second-order valence-corrected chi connectivity index (χ2v) is 4.51. The van der Waals surface area contributed by atoms with Gasteiger partial charge in [-0.1, -0.05) is 23.4 Å². The van der Waals surface area contributed by atoms with Crippen LogP contribution in [0.25, 0.3) is 0 Å². The molecule has 1 aromatic heterocycles. The molecule has 0 saturated heterocycles. The number of rotatable bonds is 3. The molecule has 86 valence electrons. The molecule has 2 aromatic rings. The summed E-state index contributed by atoms with van der Waals surface area (Å²) in [6, 6.07) is 6.21. The maximum atomic E-state index is 10.5. The highest BCUT2D eigenvalue weighted by molar-refractivity contribution is 7.99. The summed E-state index contributed by atoms with van der Waals surface area (Å²) in [4.78, 5) is 18.8. The van der Waals surface area contributed by atoms with Crippen LogP contribution in [-0.4, -0.2) is 14.9 Å². The van der Waals surface area contributed by atoms with E-state index in [1.54, 1.807) is 18.3 Å². The fourth-order valence-corrected chi connectivity index (χ4v) is 2.10. The van der Waals surface area contributed by atoms with Crippen LogP contribution in [0.4, 0.5) is 5.69 Å². The first kappa shape index (κ1) is 11.8. The first-order valence-corrected chi connectivity index (χ1v) is 5.74. The molecule has 0 unspecified atom stereocenters. The lowest BCUT2D eigenvalue weighted by atomic mass is 10.3. The molecule has 0 amide bonds. The van der Waals surface area contributed by atoms with Crippen molar-refractivity contribution in [3.63, 3.8) is 0 Å². The number of nitro groups is 1. The summed E-state index contributed by atoms with van der Waals surface area (Å²) in [5.74, 6) is 0. The Hall–Kier alpha value is -1.66. The smallest absolute Gasteiger partial charge is 0.259 e. The average molecular weight is 268 g/mol. The third kappa shape index (κ3) is 3.15. The maximum Gasteiger partial charge on any atom is 0.269 e. The number of benzene rings is 1. The molecule has 1 aromatic carbocycles. The minimum absolute atomic E-state index is 0.0616. The van der Waals surface area contributed by atoms with Crippen LogP contribution in [0.2, 0.25) is 5.15 Å². The van der Waals surface area contributed by atoms with Gasteiger partial charge in [-0.25, -0.2) is 4.98 Å². The zero-order valence-corrected chi connectivity index (χ0v) is 9.98. The molecule has 17 heavy (non-hydrogen) atoms. The van der Waals surface area contributed by atoms with Crippen LogP contribution in [0.5, 0.6) is 0 Å². The number of nitro benzene ring substituents is 1. The molecule has 2 rings (SSSR count). The zero-order valence-electron chi connectivity index (χ0n) is 8.41. The minimum atomic E-state index is -0.437. The van der Waals surface area contributed by atoms with E-state index >= 15 is 0 Å². The Morgan fingerprint density at radius 1 is 1.24 bits per heavy atom. The molecule has 0 radical (unpaired) electrons. The van der Waals surface area contributed by atoms with Crippen molar-refractivity contribution in [2.45, 2.75) is 9.92 Å². The summed E-state index contributed by atoms with van der Waals surface area (Å²) in [7, 11) is 0. The van der Waals surface area contributed by atoms with Gasteiger partial charge in [0.1, 0.15) is 10.2 Å². The fraction of sp³-hybridized carbons (Fsp3) is 0. The molecular weight excluding hydrogens is 262 g/mol. The van der Waals surface area contributed by atoms with Gasteiger partial charge in [-0.2, -0.15) is 0 Å². The first-order valence-electron chi connectivity index (χ1n) is 4.55. The Labute approximate surface area is 106 Å². The summed E-state index contributed by atoms with van der Waals surface area (Å²) >= 11 is 7.04. The molecule has 0 fully saturated rings. The molecular formula is C10H6ClN3O2S. The first-order chi connectivity index (χ1) is 8.15. The van der Waals surface area contributed by atoms with Gasteiger partial charge >= 0.3 is 0 Å². The van der Waals surface area contributed by atoms with Gasteiger partial charge in [0.25, 0.3) is 5.69 Å². The van der Waals surface area contributed by atoms with Crippen molar-refractivity contribution in [1.29, 1.82) is 0 Å². The third-order valence-electron chi connectivity index (χ3n) is 1.85. The van der Waals surface area contributed by atoms with Crippen LogP contribution in [0.3, 0.4) is 0 Å². The van der Waals surface area contributed by atoms with Crippen molar-refractivity contribution in [1.82, 2.24) is 9.97 Å². The lowest BCUT2D eigenvalue weighted by molar-refractivity contribution is -0.384. The molecule has 0 spiro atoms. The molecule has 5 nitrogen and oxygen atoms in total. The topological polar surface area (TPSA) is 68.9 Å². The van der Waals surface area contributed by atoms with E-state index in [2.05, 4.69) is 9.97 Å². The molecule has 0 aliphatic rings. The predicted octanol–water partition coefficient (Wildman–Crippen LogP) is 3.19. The summed E-state index contributed by atoms with van der Waals surface area (Å²) in [6.07, 6.45) is 3.03. The normalized spacial score (nSPS) is 10.2. The van der Waals surface area contributed by atoms with Crippen molar-refractivity contribution >= 4 is 29.1 Å². The molecule has 0 aliphatic heterocycles.